The van der Waals surface area contributed by atoms with Gasteiger partial charge in [-0.1, -0.05) is 32.0 Å². The molecule has 1 aliphatic rings. The number of fused-ring (bicyclic) bond motifs is 1. The summed E-state index contributed by atoms with van der Waals surface area (Å²) in [5, 5.41) is 7.10. The van der Waals surface area contributed by atoms with Gasteiger partial charge in [0.1, 0.15) is 5.69 Å². The molecule has 11 heteroatoms. The number of carbonyl (C=O) groups is 1. The Morgan fingerprint density at radius 2 is 1.72 bits per heavy atom. The minimum atomic E-state index is -4.57. The number of alkyl halides is 3. The molecule has 2 aromatic heterocycles. The summed E-state index contributed by atoms with van der Waals surface area (Å²) in [6, 6.07) is 7.66. The number of amides is 1. The predicted octanol–water partition coefficient (Wildman–Crippen LogP) is 2.82. The number of benzene rings is 1. The van der Waals surface area contributed by atoms with Crippen LogP contribution < -0.4 is 10.5 Å². The normalized spacial score (nSPS) is 14.9. The third-order valence-corrected chi connectivity index (χ3v) is 5.36. The highest BCUT2D eigenvalue weighted by molar-refractivity contribution is 6.04. The summed E-state index contributed by atoms with van der Waals surface area (Å²) in [6.45, 7) is 4.59. The van der Waals surface area contributed by atoms with Crippen molar-refractivity contribution in [2.24, 2.45) is 0 Å². The van der Waals surface area contributed by atoms with E-state index in [0.717, 1.165) is 6.07 Å². The Balaban J connectivity index is 1.55. The number of piperazine rings is 1. The van der Waals surface area contributed by atoms with Crippen LogP contribution in [0.2, 0.25) is 0 Å². The smallest absolute Gasteiger partial charge is 0.337 e. The lowest BCUT2D eigenvalue weighted by atomic mass is 10.1. The molecular formula is C21H21F3N6O2. The number of carbonyl (C=O) groups excluding carboxylic acids is 1. The zero-order valence-corrected chi connectivity index (χ0v) is 17.5. The monoisotopic (exact) mass is 446 g/mol. The molecular weight excluding hydrogens is 425 g/mol. The summed E-state index contributed by atoms with van der Waals surface area (Å²) in [5.41, 5.74) is -0.922. The molecule has 168 valence electrons. The number of nitrogens with zero attached hydrogens (tertiary/aromatic N) is 5. The summed E-state index contributed by atoms with van der Waals surface area (Å²) < 4.78 is 39.9. The molecule has 1 fully saturated rings. The van der Waals surface area contributed by atoms with Gasteiger partial charge in [0.25, 0.3) is 11.5 Å². The van der Waals surface area contributed by atoms with Crippen molar-refractivity contribution in [3.63, 3.8) is 0 Å². The largest absolute Gasteiger partial charge is 0.433 e. The van der Waals surface area contributed by atoms with Crippen molar-refractivity contribution in [2.75, 3.05) is 31.1 Å². The first-order chi connectivity index (χ1) is 15.1. The van der Waals surface area contributed by atoms with Crippen molar-refractivity contribution in [1.82, 2.24) is 25.1 Å². The van der Waals surface area contributed by atoms with Gasteiger partial charge in [0.15, 0.2) is 5.69 Å². The molecule has 0 saturated carbocycles. The van der Waals surface area contributed by atoms with Crippen LogP contribution in [0.1, 0.15) is 41.6 Å². The van der Waals surface area contributed by atoms with E-state index >= 15 is 0 Å². The zero-order valence-electron chi connectivity index (χ0n) is 17.5. The molecule has 4 rings (SSSR count). The van der Waals surface area contributed by atoms with Crippen LogP contribution in [-0.2, 0) is 6.18 Å². The Hall–Kier alpha value is -3.50. The number of hydrogen-bond acceptors (Lipinski definition) is 6. The van der Waals surface area contributed by atoms with E-state index in [1.807, 2.05) is 0 Å². The summed E-state index contributed by atoms with van der Waals surface area (Å²) >= 11 is 0. The van der Waals surface area contributed by atoms with Crippen LogP contribution in [0, 0.1) is 0 Å². The molecule has 1 aromatic carbocycles. The molecule has 0 radical (unpaired) electrons. The number of halogens is 3. The van der Waals surface area contributed by atoms with Gasteiger partial charge in [0, 0.05) is 37.3 Å². The van der Waals surface area contributed by atoms with E-state index in [2.05, 4.69) is 20.2 Å². The first kappa shape index (κ1) is 21.7. The van der Waals surface area contributed by atoms with Crippen molar-refractivity contribution >= 4 is 22.6 Å². The highest BCUT2D eigenvalue weighted by Gasteiger charge is 2.35. The minimum absolute atomic E-state index is 0.00300. The molecule has 8 nitrogen and oxygen atoms in total. The SMILES string of the molecule is CC(C)c1cc(C(F)(F)F)nc(N2CCN(C(=O)c3n[nH]c(=O)c4ccccc34)CC2)n1. The van der Waals surface area contributed by atoms with Crippen LogP contribution in [-0.4, -0.2) is 57.2 Å². The van der Waals surface area contributed by atoms with Crippen LogP contribution in [0.3, 0.4) is 0 Å². The molecule has 0 unspecified atom stereocenters. The number of hydrogen-bond donors (Lipinski definition) is 1. The van der Waals surface area contributed by atoms with E-state index in [1.165, 1.54) is 0 Å². The average Bonchev–Trinajstić information content (AvgIpc) is 2.78. The highest BCUT2D eigenvalue weighted by Crippen LogP contribution is 2.31. The van der Waals surface area contributed by atoms with E-state index in [4.69, 9.17) is 0 Å². The Labute approximate surface area is 181 Å². The van der Waals surface area contributed by atoms with Crippen molar-refractivity contribution in [1.29, 1.82) is 0 Å². The van der Waals surface area contributed by atoms with E-state index in [-0.39, 0.29) is 55.2 Å². The molecule has 0 aliphatic carbocycles. The Kier molecular flexibility index (Phi) is 5.57. The lowest BCUT2D eigenvalue weighted by Crippen LogP contribution is -2.49. The first-order valence-electron chi connectivity index (χ1n) is 10.1. The van der Waals surface area contributed by atoms with E-state index in [0.29, 0.717) is 16.5 Å². The molecule has 0 atom stereocenters. The third-order valence-electron chi connectivity index (χ3n) is 5.36. The van der Waals surface area contributed by atoms with E-state index in [1.54, 1.807) is 47.9 Å². The van der Waals surface area contributed by atoms with Gasteiger partial charge in [-0.05, 0) is 18.1 Å². The van der Waals surface area contributed by atoms with Crippen molar-refractivity contribution in [2.45, 2.75) is 25.9 Å². The van der Waals surface area contributed by atoms with Crippen LogP contribution >= 0.6 is 0 Å². The van der Waals surface area contributed by atoms with Crippen molar-refractivity contribution in [3.8, 4) is 0 Å². The number of nitrogens with one attached hydrogen (secondary N) is 1. The predicted molar refractivity (Wildman–Crippen MR) is 112 cm³/mol. The Morgan fingerprint density at radius 1 is 1.06 bits per heavy atom. The first-order valence-corrected chi connectivity index (χ1v) is 10.1. The summed E-state index contributed by atoms with van der Waals surface area (Å²) in [6.07, 6.45) is -4.57. The standard InChI is InChI=1S/C21H21F3N6O2/c1-12(2)15-11-16(21(22,23)24)26-20(25-15)30-9-7-29(8-10-30)19(32)17-13-5-3-4-6-14(13)18(31)28-27-17/h3-6,11-12H,7-10H2,1-2H3,(H,28,31). The van der Waals surface area contributed by atoms with Gasteiger partial charge in [0.05, 0.1) is 5.39 Å². The van der Waals surface area contributed by atoms with Gasteiger partial charge in [-0.15, -0.1) is 0 Å². The molecule has 0 bridgehead atoms. The highest BCUT2D eigenvalue weighted by atomic mass is 19.4. The summed E-state index contributed by atoms with van der Waals surface area (Å²) in [4.78, 5) is 36.2. The Bertz CT molecular complexity index is 1220. The van der Waals surface area contributed by atoms with E-state index < -0.39 is 11.9 Å². The van der Waals surface area contributed by atoms with Crippen LogP contribution in [0.25, 0.3) is 10.8 Å². The fourth-order valence-corrected chi connectivity index (χ4v) is 3.57. The zero-order chi connectivity index (χ0) is 23.0. The lowest BCUT2D eigenvalue weighted by molar-refractivity contribution is -0.141. The van der Waals surface area contributed by atoms with Gasteiger partial charge in [-0.3, -0.25) is 9.59 Å². The van der Waals surface area contributed by atoms with Crippen molar-refractivity contribution < 1.29 is 18.0 Å². The third kappa shape index (κ3) is 4.14. The van der Waals surface area contributed by atoms with Crippen molar-refractivity contribution in [3.05, 3.63) is 57.8 Å². The summed E-state index contributed by atoms with van der Waals surface area (Å²) in [5.74, 6) is -0.548. The van der Waals surface area contributed by atoms with Gasteiger partial charge in [0.2, 0.25) is 5.95 Å². The maximum atomic E-state index is 13.3. The fourth-order valence-electron chi connectivity index (χ4n) is 3.57. The maximum absolute atomic E-state index is 13.3. The number of anilines is 1. The number of rotatable bonds is 3. The average molecular weight is 446 g/mol. The van der Waals surface area contributed by atoms with Gasteiger partial charge in [-0.25, -0.2) is 15.1 Å². The topological polar surface area (TPSA) is 95.1 Å². The molecule has 3 aromatic rings. The number of aromatic amines is 1. The van der Waals surface area contributed by atoms with Crippen LogP contribution in [0.15, 0.2) is 35.1 Å². The number of H-pyrrole nitrogens is 1. The quantitative estimate of drug-likeness (QED) is 0.665. The lowest BCUT2D eigenvalue weighted by Gasteiger charge is -2.35. The maximum Gasteiger partial charge on any atom is 0.433 e. The number of aromatic nitrogens is 4. The Morgan fingerprint density at radius 3 is 2.34 bits per heavy atom. The molecule has 1 saturated heterocycles. The molecule has 3 heterocycles. The second-order valence-electron chi connectivity index (χ2n) is 7.86. The minimum Gasteiger partial charge on any atom is -0.337 e. The molecule has 1 amide bonds. The van der Waals surface area contributed by atoms with Gasteiger partial charge in [-0.2, -0.15) is 18.3 Å². The van der Waals surface area contributed by atoms with Crippen LogP contribution in [0.4, 0.5) is 19.1 Å². The summed E-state index contributed by atoms with van der Waals surface area (Å²) in [7, 11) is 0. The molecule has 0 spiro atoms. The second-order valence-corrected chi connectivity index (χ2v) is 7.86. The molecule has 1 N–H and O–H groups in total. The second kappa shape index (κ2) is 8.21. The van der Waals surface area contributed by atoms with Gasteiger partial charge >= 0.3 is 6.18 Å². The molecule has 32 heavy (non-hydrogen) atoms. The van der Waals surface area contributed by atoms with Gasteiger partial charge < -0.3 is 9.80 Å². The van der Waals surface area contributed by atoms with Crippen LogP contribution in [0.5, 0.6) is 0 Å². The van der Waals surface area contributed by atoms with E-state index in [9.17, 15) is 22.8 Å². The fraction of sp³-hybridized carbons (Fsp3) is 0.381. The molecule has 1 aliphatic heterocycles.